The molecule has 0 saturated carbocycles. The van der Waals surface area contributed by atoms with Gasteiger partial charge in [-0.3, -0.25) is 4.79 Å². The van der Waals surface area contributed by atoms with E-state index in [1.807, 2.05) is 0 Å². The van der Waals surface area contributed by atoms with Crippen molar-refractivity contribution in [2.45, 2.75) is 0 Å². The van der Waals surface area contributed by atoms with Gasteiger partial charge in [-0.1, -0.05) is 25.3 Å². The summed E-state index contributed by atoms with van der Waals surface area (Å²) in [6, 6.07) is 0. The zero-order valence-corrected chi connectivity index (χ0v) is 6.13. The van der Waals surface area contributed by atoms with E-state index in [0.717, 1.165) is 16.9 Å². The SMILES string of the molecule is C=C/C=c1/c(C=O)c[nH]c1=C. The van der Waals surface area contributed by atoms with Gasteiger partial charge in [-0.25, -0.2) is 0 Å². The normalized spacial score (nSPS) is 11.5. The molecule has 1 aromatic heterocycles. The maximum absolute atomic E-state index is 10.4. The third-order valence-corrected chi connectivity index (χ3v) is 1.45. The lowest BCUT2D eigenvalue weighted by Gasteiger charge is -1.77. The number of aromatic nitrogens is 1. The molecule has 0 radical (unpaired) electrons. The van der Waals surface area contributed by atoms with Crippen molar-refractivity contribution in [3.05, 3.63) is 35.0 Å². The predicted octanol–water partition coefficient (Wildman–Crippen LogP) is 0.204. The summed E-state index contributed by atoms with van der Waals surface area (Å²) < 4.78 is 0. The fraction of sp³-hybridized carbons (Fsp3) is 0. The molecular formula is C9H9NO. The van der Waals surface area contributed by atoms with Crippen LogP contribution in [0.2, 0.25) is 0 Å². The molecule has 0 fully saturated rings. The lowest BCUT2D eigenvalue weighted by atomic mass is 10.3. The number of carbonyl (C=O) groups excluding carboxylic acids is 1. The second kappa shape index (κ2) is 3.01. The van der Waals surface area contributed by atoms with Crippen molar-refractivity contribution >= 4 is 18.9 Å². The van der Waals surface area contributed by atoms with Crippen LogP contribution < -0.4 is 10.6 Å². The Bertz CT molecular complexity index is 373. The van der Waals surface area contributed by atoms with E-state index < -0.39 is 0 Å². The highest BCUT2D eigenvalue weighted by Gasteiger charge is 1.92. The zero-order chi connectivity index (χ0) is 8.27. The number of hydrogen-bond donors (Lipinski definition) is 1. The number of H-pyrrole nitrogens is 1. The number of rotatable bonds is 2. The van der Waals surface area contributed by atoms with Crippen molar-refractivity contribution in [2.75, 3.05) is 0 Å². The molecule has 56 valence electrons. The number of nitrogens with one attached hydrogen (secondary N) is 1. The van der Waals surface area contributed by atoms with Crippen LogP contribution in [0.5, 0.6) is 0 Å². The summed E-state index contributed by atoms with van der Waals surface area (Å²) in [5.41, 5.74) is 0.620. The van der Waals surface area contributed by atoms with E-state index >= 15 is 0 Å². The van der Waals surface area contributed by atoms with Gasteiger partial charge in [0.25, 0.3) is 0 Å². The van der Waals surface area contributed by atoms with Gasteiger partial charge in [0.05, 0.1) is 0 Å². The molecule has 0 unspecified atom stereocenters. The Kier molecular flexibility index (Phi) is 2.06. The average molecular weight is 147 g/mol. The van der Waals surface area contributed by atoms with E-state index in [-0.39, 0.29) is 0 Å². The van der Waals surface area contributed by atoms with E-state index in [1.165, 1.54) is 0 Å². The Morgan fingerprint density at radius 3 is 2.82 bits per heavy atom. The monoisotopic (exact) mass is 147 g/mol. The van der Waals surface area contributed by atoms with Crippen molar-refractivity contribution in [3.8, 4) is 0 Å². The summed E-state index contributed by atoms with van der Waals surface area (Å²) in [7, 11) is 0. The maximum atomic E-state index is 10.4. The molecule has 0 aliphatic carbocycles. The minimum Gasteiger partial charge on any atom is -0.361 e. The summed E-state index contributed by atoms with van der Waals surface area (Å²) in [5, 5.41) is 1.56. The van der Waals surface area contributed by atoms with Gasteiger partial charge in [-0.2, -0.15) is 0 Å². The van der Waals surface area contributed by atoms with Gasteiger partial charge in [0.1, 0.15) is 0 Å². The first-order chi connectivity index (χ1) is 5.29. The smallest absolute Gasteiger partial charge is 0.152 e. The van der Waals surface area contributed by atoms with E-state index in [9.17, 15) is 4.79 Å². The van der Waals surface area contributed by atoms with E-state index in [4.69, 9.17) is 0 Å². The lowest BCUT2D eigenvalue weighted by molar-refractivity contribution is 0.112. The molecule has 0 aromatic carbocycles. The van der Waals surface area contributed by atoms with Crippen LogP contribution in [0.15, 0.2) is 18.9 Å². The van der Waals surface area contributed by atoms with E-state index in [2.05, 4.69) is 18.1 Å². The minimum atomic E-state index is 0.620. The maximum Gasteiger partial charge on any atom is 0.152 e. The van der Waals surface area contributed by atoms with Gasteiger partial charge in [-0.15, -0.1) is 0 Å². The zero-order valence-electron chi connectivity index (χ0n) is 6.13. The van der Waals surface area contributed by atoms with E-state index in [0.29, 0.717) is 5.56 Å². The summed E-state index contributed by atoms with van der Waals surface area (Å²) in [6.45, 7) is 7.25. The van der Waals surface area contributed by atoms with Gasteiger partial charge in [-0.05, 0) is 0 Å². The molecule has 0 aliphatic heterocycles. The van der Waals surface area contributed by atoms with E-state index in [1.54, 1.807) is 18.3 Å². The van der Waals surface area contributed by atoms with Gasteiger partial charge < -0.3 is 4.98 Å². The summed E-state index contributed by atoms with van der Waals surface area (Å²) >= 11 is 0. The van der Waals surface area contributed by atoms with Gasteiger partial charge in [0.15, 0.2) is 6.29 Å². The molecule has 0 saturated heterocycles. The summed E-state index contributed by atoms with van der Waals surface area (Å²) in [5.74, 6) is 0. The molecule has 0 bridgehead atoms. The molecule has 0 amide bonds. The fourth-order valence-electron chi connectivity index (χ4n) is 0.907. The van der Waals surface area contributed by atoms with Crippen LogP contribution in [0, 0.1) is 0 Å². The Hall–Kier alpha value is -1.57. The third-order valence-electron chi connectivity index (χ3n) is 1.45. The summed E-state index contributed by atoms with van der Waals surface area (Å²) in [4.78, 5) is 13.3. The number of aromatic amines is 1. The predicted molar refractivity (Wildman–Crippen MR) is 45.6 cm³/mol. The Morgan fingerprint density at radius 2 is 2.27 bits per heavy atom. The number of hydrogen-bond acceptors (Lipinski definition) is 1. The van der Waals surface area contributed by atoms with Crippen molar-refractivity contribution in [1.82, 2.24) is 4.98 Å². The van der Waals surface area contributed by atoms with Crippen LogP contribution in [0.3, 0.4) is 0 Å². The molecule has 1 rings (SSSR count). The molecule has 2 nitrogen and oxygen atoms in total. The van der Waals surface area contributed by atoms with Crippen LogP contribution in [0.25, 0.3) is 12.7 Å². The van der Waals surface area contributed by atoms with Crippen molar-refractivity contribution in [2.24, 2.45) is 0 Å². The summed E-state index contributed by atoms with van der Waals surface area (Å²) in [6.07, 6.45) is 5.80. The largest absolute Gasteiger partial charge is 0.361 e. The van der Waals surface area contributed by atoms with Gasteiger partial charge in [0.2, 0.25) is 0 Å². The Balaban J connectivity index is 3.53. The molecule has 0 spiro atoms. The fourth-order valence-corrected chi connectivity index (χ4v) is 0.907. The van der Waals surface area contributed by atoms with Crippen LogP contribution >= 0.6 is 0 Å². The Labute approximate surface area is 64.6 Å². The number of carbonyl (C=O) groups is 1. The quantitative estimate of drug-likeness (QED) is 0.596. The van der Waals surface area contributed by atoms with Crippen LogP contribution in [-0.4, -0.2) is 11.3 Å². The number of allylic oxidation sites excluding steroid dienone is 1. The minimum absolute atomic E-state index is 0.620. The first-order valence-corrected chi connectivity index (χ1v) is 3.24. The standard InChI is InChI=1S/C9H9NO/c1-3-4-9-7(2)10-5-8(9)6-11/h3-6,10H,1-2H2/b9-4+. The van der Waals surface area contributed by atoms with Crippen LogP contribution in [0.1, 0.15) is 10.4 Å². The van der Waals surface area contributed by atoms with Crippen molar-refractivity contribution in [1.29, 1.82) is 0 Å². The Morgan fingerprint density at radius 1 is 1.55 bits per heavy atom. The highest BCUT2D eigenvalue weighted by molar-refractivity contribution is 5.75. The molecule has 1 N–H and O–H groups in total. The van der Waals surface area contributed by atoms with Crippen molar-refractivity contribution < 1.29 is 4.79 Å². The molecule has 0 atom stereocenters. The topological polar surface area (TPSA) is 32.9 Å². The van der Waals surface area contributed by atoms with Crippen LogP contribution in [0.4, 0.5) is 0 Å². The van der Waals surface area contributed by atoms with Crippen molar-refractivity contribution in [3.63, 3.8) is 0 Å². The average Bonchev–Trinajstić information content (AvgIpc) is 2.34. The molecule has 11 heavy (non-hydrogen) atoms. The first kappa shape index (κ1) is 7.54. The molecular weight excluding hydrogens is 138 g/mol. The first-order valence-electron chi connectivity index (χ1n) is 3.24. The highest BCUT2D eigenvalue weighted by atomic mass is 16.1. The van der Waals surface area contributed by atoms with Crippen LogP contribution in [-0.2, 0) is 0 Å². The number of aldehydes is 1. The molecule has 0 aliphatic rings. The highest BCUT2D eigenvalue weighted by Crippen LogP contribution is 1.78. The van der Waals surface area contributed by atoms with Gasteiger partial charge >= 0.3 is 0 Å². The second-order valence-electron chi connectivity index (χ2n) is 2.16. The molecule has 1 heterocycles. The third kappa shape index (κ3) is 1.29. The molecule has 1 aromatic rings. The van der Waals surface area contributed by atoms with Gasteiger partial charge in [0, 0.05) is 22.3 Å². The second-order valence-corrected chi connectivity index (χ2v) is 2.16. The molecule has 2 heteroatoms. The lowest BCUT2D eigenvalue weighted by Crippen LogP contribution is -2.22.